The number of pyridine rings is 1. The van der Waals surface area contributed by atoms with Crippen molar-refractivity contribution in [2.75, 3.05) is 49.2 Å². The Labute approximate surface area is 147 Å². The molecule has 1 aromatic heterocycles. The molecular weight excluding hydrogens is 320 g/mol. The van der Waals surface area contributed by atoms with Gasteiger partial charge in [0.05, 0.1) is 6.20 Å². The summed E-state index contributed by atoms with van der Waals surface area (Å²) in [7, 11) is 0. The van der Waals surface area contributed by atoms with E-state index in [9.17, 15) is 4.79 Å². The Bertz CT molecular complexity index is 672. The van der Waals surface area contributed by atoms with Crippen molar-refractivity contribution in [3.8, 4) is 0 Å². The molecule has 1 aromatic carbocycles. The van der Waals surface area contributed by atoms with Gasteiger partial charge in [-0.1, -0.05) is 12.1 Å². The van der Waals surface area contributed by atoms with Gasteiger partial charge in [0.2, 0.25) is 0 Å². The Morgan fingerprint density at radius 2 is 2.08 bits per heavy atom. The van der Waals surface area contributed by atoms with Crippen molar-refractivity contribution in [2.24, 2.45) is 0 Å². The Morgan fingerprint density at radius 1 is 1.25 bits per heavy atom. The Hall–Kier alpha value is -2.05. The molecular formula is C18H24N4OS+2. The van der Waals surface area contributed by atoms with Crippen LogP contribution in [-0.4, -0.2) is 44.9 Å². The largest absolute Gasteiger partial charge is 0.321 e. The summed E-state index contributed by atoms with van der Waals surface area (Å²) in [6.07, 6.45) is 3.99. The third kappa shape index (κ3) is 4.49. The van der Waals surface area contributed by atoms with E-state index in [1.807, 2.05) is 48.9 Å². The maximum atomic E-state index is 12.3. The fraction of sp³-hybridized carbons (Fsp3) is 0.333. The monoisotopic (exact) mass is 344 g/mol. The lowest BCUT2D eigenvalue weighted by Crippen LogP contribution is -3.15. The number of aromatic amines is 1. The minimum Gasteiger partial charge on any atom is -0.321 e. The molecule has 5 nitrogen and oxygen atoms in total. The summed E-state index contributed by atoms with van der Waals surface area (Å²) < 4.78 is 0. The minimum absolute atomic E-state index is 0.0861. The number of H-pyrrole nitrogens is 1. The van der Waals surface area contributed by atoms with Crippen molar-refractivity contribution in [2.45, 2.75) is 4.90 Å². The van der Waals surface area contributed by atoms with Gasteiger partial charge in [-0.25, -0.2) is 4.98 Å². The molecule has 0 unspecified atom stereocenters. The molecule has 0 aliphatic carbocycles. The summed E-state index contributed by atoms with van der Waals surface area (Å²) in [6, 6.07) is 14.1. The highest BCUT2D eigenvalue weighted by Gasteiger charge is 2.27. The standard InChI is InChI=1S/C18H22N4OS/c1-24-16-6-4-5-15(13-16)20-18(23)14-21-9-11-22(12-10-21)17-7-2-3-8-19-17/h2-8,13H,9-12,14H2,1H3,(H,20,23)/p+2. The van der Waals surface area contributed by atoms with Gasteiger partial charge in [0.15, 0.2) is 6.54 Å². The molecule has 2 aromatic rings. The van der Waals surface area contributed by atoms with Crippen molar-refractivity contribution in [3.63, 3.8) is 0 Å². The van der Waals surface area contributed by atoms with Crippen molar-refractivity contribution < 1.29 is 14.7 Å². The average molecular weight is 344 g/mol. The van der Waals surface area contributed by atoms with Crippen molar-refractivity contribution in [1.82, 2.24) is 0 Å². The van der Waals surface area contributed by atoms with Gasteiger partial charge in [-0.15, -0.1) is 11.8 Å². The Balaban J connectivity index is 1.48. The average Bonchev–Trinajstić information content (AvgIpc) is 2.63. The van der Waals surface area contributed by atoms with E-state index >= 15 is 0 Å². The molecule has 126 valence electrons. The van der Waals surface area contributed by atoms with Gasteiger partial charge in [0.25, 0.3) is 11.7 Å². The van der Waals surface area contributed by atoms with E-state index in [-0.39, 0.29) is 5.91 Å². The number of nitrogens with one attached hydrogen (secondary N) is 3. The molecule has 1 aliphatic heterocycles. The molecule has 3 N–H and O–H groups in total. The molecule has 6 heteroatoms. The van der Waals surface area contributed by atoms with Crippen LogP contribution in [0.2, 0.25) is 0 Å². The number of carbonyl (C=O) groups excluding carboxylic acids is 1. The first-order valence-corrected chi connectivity index (χ1v) is 9.46. The number of amides is 1. The van der Waals surface area contributed by atoms with Crippen LogP contribution in [0, 0.1) is 0 Å². The number of hydrogen-bond acceptors (Lipinski definition) is 3. The number of thioether (sulfide) groups is 1. The number of nitrogens with zero attached hydrogens (tertiary/aromatic N) is 1. The second-order valence-electron chi connectivity index (χ2n) is 5.94. The number of aromatic nitrogens is 1. The number of hydrogen-bond donors (Lipinski definition) is 2. The second-order valence-corrected chi connectivity index (χ2v) is 6.82. The lowest BCUT2D eigenvalue weighted by atomic mass is 10.3. The summed E-state index contributed by atoms with van der Waals surface area (Å²) in [5.74, 6) is 1.23. The van der Waals surface area contributed by atoms with Gasteiger partial charge in [-0.2, -0.15) is 0 Å². The molecule has 0 spiro atoms. The maximum Gasteiger partial charge on any atom is 0.279 e. The second kappa shape index (κ2) is 8.17. The minimum atomic E-state index is 0.0861. The maximum absolute atomic E-state index is 12.3. The summed E-state index contributed by atoms with van der Waals surface area (Å²) in [5, 5.41) is 3.01. The third-order valence-electron chi connectivity index (χ3n) is 4.27. The van der Waals surface area contributed by atoms with E-state index in [0.717, 1.165) is 42.6 Å². The van der Waals surface area contributed by atoms with E-state index < -0.39 is 0 Å². The number of rotatable bonds is 5. The smallest absolute Gasteiger partial charge is 0.279 e. The normalized spacial score (nSPS) is 15.3. The van der Waals surface area contributed by atoms with E-state index in [1.165, 1.54) is 4.90 Å². The first-order valence-electron chi connectivity index (χ1n) is 8.24. The van der Waals surface area contributed by atoms with Crippen molar-refractivity contribution in [1.29, 1.82) is 0 Å². The fourth-order valence-corrected chi connectivity index (χ4v) is 3.41. The number of anilines is 2. The molecule has 0 saturated carbocycles. The fourth-order valence-electron chi connectivity index (χ4n) is 2.95. The Kier molecular flexibility index (Phi) is 5.72. The highest BCUT2D eigenvalue weighted by Crippen LogP contribution is 2.18. The zero-order valence-corrected chi connectivity index (χ0v) is 14.7. The van der Waals surface area contributed by atoms with Gasteiger partial charge < -0.3 is 10.2 Å². The predicted octanol–water partition coefficient (Wildman–Crippen LogP) is 0.566. The summed E-state index contributed by atoms with van der Waals surface area (Å²) in [6.45, 7) is 4.40. The molecule has 2 heterocycles. The quantitative estimate of drug-likeness (QED) is 0.780. The topological polar surface area (TPSA) is 50.9 Å². The zero-order chi connectivity index (χ0) is 16.8. The lowest BCUT2D eigenvalue weighted by Gasteiger charge is -2.27. The molecule has 0 bridgehead atoms. The molecule has 1 saturated heterocycles. The zero-order valence-electron chi connectivity index (χ0n) is 13.9. The van der Waals surface area contributed by atoms with Crippen LogP contribution in [0.1, 0.15) is 0 Å². The number of benzene rings is 1. The van der Waals surface area contributed by atoms with E-state index in [1.54, 1.807) is 11.8 Å². The molecule has 1 aliphatic rings. The highest BCUT2D eigenvalue weighted by atomic mass is 32.2. The molecule has 3 rings (SSSR count). The molecule has 1 fully saturated rings. The molecule has 0 atom stereocenters. The third-order valence-corrected chi connectivity index (χ3v) is 4.99. The van der Waals surface area contributed by atoms with Crippen molar-refractivity contribution >= 4 is 29.2 Å². The number of carbonyl (C=O) groups is 1. The van der Waals surface area contributed by atoms with E-state index in [4.69, 9.17) is 0 Å². The summed E-state index contributed by atoms with van der Waals surface area (Å²) in [4.78, 5) is 20.4. The van der Waals surface area contributed by atoms with Crippen LogP contribution in [0.25, 0.3) is 0 Å². The first-order chi connectivity index (χ1) is 11.7. The van der Waals surface area contributed by atoms with Crippen LogP contribution in [0.15, 0.2) is 53.6 Å². The van der Waals surface area contributed by atoms with Crippen LogP contribution < -0.4 is 20.1 Å². The lowest BCUT2D eigenvalue weighted by molar-refractivity contribution is -0.892. The van der Waals surface area contributed by atoms with Crippen LogP contribution in [-0.2, 0) is 4.79 Å². The number of quaternary nitrogens is 1. The highest BCUT2D eigenvalue weighted by molar-refractivity contribution is 7.98. The Morgan fingerprint density at radius 3 is 2.79 bits per heavy atom. The molecule has 1 amide bonds. The van der Waals surface area contributed by atoms with Crippen LogP contribution in [0.5, 0.6) is 0 Å². The van der Waals surface area contributed by atoms with Gasteiger partial charge in [0, 0.05) is 16.6 Å². The van der Waals surface area contributed by atoms with E-state index in [2.05, 4.69) is 21.3 Å². The van der Waals surface area contributed by atoms with Gasteiger partial charge in [0.1, 0.15) is 26.2 Å². The van der Waals surface area contributed by atoms with Crippen LogP contribution >= 0.6 is 11.8 Å². The van der Waals surface area contributed by atoms with E-state index in [0.29, 0.717) is 6.54 Å². The molecule has 0 radical (unpaired) electrons. The van der Waals surface area contributed by atoms with Crippen LogP contribution in [0.3, 0.4) is 0 Å². The van der Waals surface area contributed by atoms with Gasteiger partial charge in [-0.05, 0) is 30.5 Å². The summed E-state index contributed by atoms with van der Waals surface area (Å²) in [5.41, 5.74) is 0.878. The SMILES string of the molecule is CSc1cccc(NC(=O)C[NH+]2CCN(c3cccc[nH+]3)CC2)c1. The van der Waals surface area contributed by atoms with Gasteiger partial charge >= 0.3 is 0 Å². The molecule has 24 heavy (non-hydrogen) atoms. The van der Waals surface area contributed by atoms with Gasteiger partial charge in [-0.3, -0.25) is 9.69 Å². The van der Waals surface area contributed by atoms with Crippen molar-refractivity contribution in [3.05, 3.63) is 48.7 Å². The predicted molar refractivity (Wildman–Crippen MR) is 97.6 cm³/mol. The summed E-state index contributed by atoms with van der Waals surface area (Å²) >= 11 is 1.68. The number of piperazine rings is 1. The van der Waals surface area contributed by atoms with Crippen LogP contribution in [0.4, 0.5) is 11.5 Å². The first kappa shape index (κ1) is 16.8.